The molecule has 0 aliphatic carbocycles. The van der Waals surface area contributed by atoms with E-state index in [0.29, 0.717) is 11.5 Å². The van der Waals surface area contributed by atoms with Gasteiger partial charge in [-0.15, -0.1) is 0 Å². The molecule has 0 radical (unpaired) electrons. The molecule has 2 aromatic rings. The van der Waals surface area contributed by atoms with E-state index in [1.807, 2.05) is 42.5 Å². The Morgan fingerprint density at radius 3 is 2.30 bits per heavy atom. The molecule has 0 saturated carbocycles. The lowest BCUT2D eigenvalue weighted by atomic mass is 9.88. The molecule has 0 unspecified atom stereocenters. The summed E-state index contributed by atoms with van der Waals surface area (Å²) in [6.07, 6.45) is 0. The minimum atomic E-state index is -0.559. The number of methoxy groups -OCH3 is 2. The van der Waals surface area contributed by atoms with Crippen molar-refractivity contribution < 1.29 is 14.3 Å². The van der Waals surface area contributed by atoms with Gasteiger partial charge in [-0.2, -0.15) is 0 Å². The van der Waals surface area contributed by atoms with Crippen molar-refractivity contribution in [3.63, 3.8) is 0 Å². The molecule has 1 saturated heterocycles. The Bertz CT molecular complexity index is 733. The lowest BCUT2D eigenvalue weighted by molar-refractivity contribution is -0.126. The van der Waals surface area contributed by atoms with Gasteiger partial charge in [0.1, 0.15) is 6.04 Å². The summed E-state index contributed by atoms with van der Waals surface area (Å²) in [5.74, 6) is 1.17. The molecule has 1 aliphatic heterocycles. The van der Waals surface area contributed by atoms with Crippen molar-refractivity contribution in [3.8, 4) is 11.5 Å². The number of amides is 1. The monoisotopic (exact) mass is 376 g/mol. The normalized spacial score (nSPS) is 20.2. The maximum absolute atomic E-state index is 12.2. The first-order valence-electron chi connectivity index (χ1n) is 7.13. The molecule has 1 aliphatic rings. The molecule has 3 rings (SSSR count). The van der Waals surface area contributed by atoms with Crippen molar-refractivity contribution >= 4 is 27.5 Å². The van der Waals surface area contributed by atoms with E-state index in [4.69, 9.17) is 15.2 Å². The molecule has 1 fully saturated rings. The van der Waals surface area contributed by atoms with Gasteiger partial charge in [-0.3, -0.25) is 4.79 Å². The van der Waals surface area contributed by atoms with Gasteiger partial charge >= 0.3 is 0 Å². The Hall–Kier alpha value is -2.05. The number of β-lactam (4-membered cyclic amide) rings is 1. The number of halogens is 1. The second kappa shape index (κ2) is 6.22. The van der Waals surface area contributed by atoms with Gasteiger partial charge in [-0.1, -0.05) is 22.0 Å². The standard InChI is InChI=1S/C17H17BrN2O3/c1-22-13-8-3-10(9-14(13)23-2)16-15(19)17(21)20(16)12-6-4-11(18)5-7-12/h3-9,15-16H,19H2,1-2H3/t15-,16+/m1/s1. The van der Waals surface area contributed by atoms with Crippen LogP contribution in [0.25, 0.3) is 0 Å². The molecule has 2 N–H and O–H groups in total. The van der Waals surface area contributed by atoms with E-state index in [9.17, 15) is 4.79 Å². The molecule has 1 amide bonds. The van der Waals surface area contributed by atoms with Crippen LogP contribution in [-0.2, 0) is 4.79 Å². The third kappa shape index (κ3) is 2.68. The van der Waals surface area contributed by atoms with E-state index in [2.05, 4.69) is 15.9 Å². The number of hydrogen-bond acceptors (Lipinski definition) is 4. The number of benzene rings is 2. The predicted octanol–water partition coefficient (Wildman–Crippen LogP) is 2.88. The van der Waals surface area contributed by atoms with Gasteiger partial charge in [0.05, 0.1) is 20.3 Å². The largest absolute Gasteiger partial charge is 0.493 e. The quantitative estimate of drug-likeness (QED) is 0.833. The maximum Gasteiger partial charge on any atom is 0.247 e. The van der Waals surface area contributed by atoms with Crippen LogP contribution in [0.5, 0.6) is 11.5 Å². The van der Waals surface area contributed by atoms with Crippen LogP contribution in [0.3, 0.4) is 0 Å². The molecule has 23 heavy (non-hydrogen) atoms. The average Bonchev–Trinajstić information content (AvgIpc) is 2.59. The summed E-state index contributed by atoms with van der Waals surface area (Å²) < 4.78 is 11.6. The highest BCUT2D eigenvalue weighted by atomic mass is 79.9. The zero-order valence-corrected chi connectivity index (χ0v) is 14.4. The number of ether oxygens (including phenoxy) is 2. The second-order valence-corrected chi connectivity index (χ2v) is 6.19. The molecule has 2 aromatic carbocycles. The Labute approximate surface area is 143 Å². The topological polar surface area (TPSA) is 64.8 Å². The fourth-order valence-electron chi connectivity index (χ4n) is 2.79. The molecule has 0 spiro atoms. The smallest absolute Gasteiger partial charge is 0.247 e. The summed E-state index contributed by atoms with van der Waals surface area (Å²) in [5, 5.41) is 0. The Morgan fingerprint density at radius 1 is 1.04 bits per heavy atom. The van der Waals surface area contributed by atoms with Gasteiger partial charge in [0.2, 0.25) is 5.91 Å². The number of hydrogen-bond donors (Lipinski definition) is 1. The average molecular weight is 377 g/mol. The second-order valence-electron chi connectivity index (χ2n) is 5.27. The van der Waals surface area contributed by atoms with E-state index >= 15 is 0 Å². The molecule has 0 bridgehead atoms. The van der Waals surface area contributed by atoms with Crippen molar-refractivity contribution in [2.45, 2.75) is 12.1 Å². The number of anilines is 1. The van der Waals surface area contributed by atoms with Gasteiger partial charge in [-0.05, 0) is 42.0 Å². The third-order valence-corrected chi connectivity index (χ3v) is 4.52. The van der Waals surface area contributed by atoms with Gasteiger partial charge in [0, 0.05) is 10.2 Å². The molecule has 1 heterocycles. The third-order valence-electron chi connectivity index (χ3n) is 3.99. The van der Waals surface area contributed by atoms with Crippen molar-refractivity contribution in [3.05, 3.63) is 52.5 Å². The first-order chi connectivity index (χ1) is 11.1. The highest BCUT2D eigenvalue weighted by molar-refractivity contribution is 9.10. The molecule has 5 nitrogen and oxygen atoms in total. The van der Waals surface area contributed by atoms with Crippen LogP contribution >= 0.6 is 15.9 Å². The fourth-order valence-corrected chi connectivity index (χ4v) is 3.06. The first kappa shape index (κ1) is 15.8. The first-order valence-corrected chi connectivity index (χ1v) is 7.92. The highest BCUT2D eigenvalue weighted by Crippen LogP contribution is 2.41. The zero-order valence-electron chi connectivity index (χ0n) is 12.8. The molecule has 6 heteroatoms. The zero-order chi connectivity index (χ0) is 16.6. The van der Waals surface area contributed by atoms with Crippen LogP contribution in [0.4, 0.5) is 5.69 Å². The molecular formula is C17H17BrN2O3. The fraction of sp³-hybridized carbons (Fsp3) is 0.235. The summed E-state index contributed by atoms with van der Waals surface area (Å²) in [7, 11) is 3.17. The number of nitrogens with zero attached hydrogens (tertiary/aromatic N) is 1. The van der Waals surface area contributed by atoms with Crippen molar-refractivity contribution in [1.82, 2.24) is 0 Å². The highest BCUT2D eigenvalue weighted by Gasteiger charge is 2.46. The Balaban J connectivity index is 1.97. The number of rotatable bonds is 4. The van der Waals surface area contributed by atoms with Crippen LogP contribution in [-0.4, -0.2) is 26.2 Å². The summed E-state index contributed by atoms with van der Waals surface area (Å²) in [6.45, 7) is 0. The number of nitrogens with two attached hydrogens (primary N) is 1. The summed E-state index contributed by atoms with van der Waals surface area (Å²) in [6, 6.07) is 12.4. The summed E-state index contributed by atoms with van der Waals surface area (Å²) in [4.78, 5) is 13.9. The molecular weight excluding hydrogens is 360 g/mol. The minimum Gasteiger partial charge on any atom is -0.493 e. The van der Waals surface area contributed by atoms with Crippen LogP contribution in [0.15, 0.2) is 46.9 Å². The summed E-state index contributed by atoms with van der Waals surface area (Å²) in [5.41, 5.74) is 7.78. The SMILES string of the molecule is COc1ccc([C@H]2[C@@H](N)C(=O)N2c2ccc(Br)cc2)cc1OC. The molecule has 2 atom stereocenters. The van der Waals surface area contributed by atoms with Crippen molar-refractivity contribution in [2.24, 2.45) is 5.73 Å². The molecule has 0 aromatic heterocycles. The lowest BCUT2D eigenvalue weighted by Crippen LogP contribution is -2.63. The maximum atomic E-state index is 12.2. The number of carbonyl (C=O) groups is 1. The predicted molar refractivity (Wildman–Crippen MR) is 91.9 cm³/mol. The Morgan fingerprint density at radius 2 is 1.70 bits per heavy atom. The van der Waals surface area contributed by atoms with E-state index in [1.54, 1.807) is 19.1 Å². The van der Waals surface area contributed by atoms with Crippen molar-refractivity contribution in [2.75, 3.05) is 19.1 Å². The van der Waals surface area contributed by atoms with E-state index in [1.165, 1.54) is 0 Å². The lowest BCUT2D eigenvalue weighted by Gasteiger charge is -2.45. The van der Waals surface area contributed by atoms with Gasteiger partial charge in [0.25, 0.3) is 0 Å². The van der Waals surface area contributed by atoms with Crippen LogP contribution < -0.4 is 20.1 Å². The van der Waals surface area contributed by atoms with Crippen LogP contribution in [0.2, 0.25) is 0 Å². The van der Waals surface area contributed by atoms with Gasteiger partial charge in [0.15, 0.2) is 11.5 Å². The van der Waals surface area contributed by atoms with Crippen LogP contribution in [0, 0.1) is 0 Å². The van der Waals surface area contributed by atoms with Crippen LogP contribution in [0.1, 0.15) is 11.6 Å². The van der Waals surface area contributed by atoms with E-state index in [0.717, 1.165) is 15.7 Å². The van der Waals surface area contributed by atoms with Crippen molar-refractivity contribution in [1.29, 1.82) is 0 Å². The Kier molecular flexibility index (Phi) is 4.28. The van der Waals surface area contributed by atoms with Gasteiger partial charge < -0.3 is 20.1 Å². The van der Waals surface area contributed by atoms with E-state index in [-0.39, 0.29) is 11.9 Å². The van der Waals surface area contributed by atoms with E-state index < -0.39 is 6.04 Å². The minimum absolute atomic E-state index is 0.0906. The number of carbonyl (C=O) groups excluding carboxylic acids is 1. The van der Waals surface area contributed by atoms with Gasteiger partial charge in [-0.25, -0.2) is 0 Å². The summed E-state index contributed by atoms with van der Waals surface area (Å²) >= 11 is 3.40. The molecule has 120 valence electrons.